The number of piperidine rings is 1. The number of nitrogens with one attached hydrogen (secondary N) is 2. The van der Waals surface area contributed by atoms with Crippen LogP contribution in [0, 0.1) is 0 Å². The molecular weight excluding hydrogens is 382 g/mol. The van der Waals surface area contributed by atoms with Gasteiger partial charge in [-0.2, -0.15) is 11.3 Å². The van der Waals surface area contributed by atoms with Crippen molar-refractivity contribution in [2.24, 2.45) is 4.99 Å². The number of amides is 1. The van der Waals surface area contributed by atoms with Crippen molar-refractivity contribution in [2.75, 3.05) is 23.7 Å². The number of hydrogen-bond donors (Lipinski definition) is 2. The van der Waals surface area contributed by atoms with Gasteiger partial charge in [-0.15, -0.1) is 0 Å². The first-order valence-corrected chi connectivity index (χ1v) is 11.5. The van der Waals surface area contributed by atoms with Crippen molar-refractivity contribution in [3.05, 3.63) is 40.7 Å². The molecule has 29 heavy (non-hydrogen) atoms. The molecular formula is C22H27N5OS. The summed E-state index contributed by atoms with van der Waals surface area (Å²) >= 11 is 1.64. The van der Waals surface area contributed by atoms with Gasteiger partial charge in [-0.25, -0.2) is 4.98 Å². The Bertz CT molecular complexity index is 896. The molecule has 2 aromatic rings. The number of anilines is 2. The van der Waals surface area contributed by atoms with E-state index in [2.05, 4.69) is 27.1 Å². The molecule has 1 spiro atoms. The van der Waals surface area contributed by atoms with Gasteiger partial charge in [0.2, 0.25) is 5.91 Å². The second kappa shape index (κ2) is 7.78. The van der Waals surface area contributed by atoms with E-state index < -0.39 is 0 Å². The van der Waals surface area contributed by atoms with Gasteiger partial charge in [0.1, 0.15) is 5.84 Å². The first-order valence-electron chi connectivity index (χ1n) is 10.6. The van der Waals surface area contributed by atoms with E-state index in [0.29, 0.717) is 12.5 Å². The number of rotatable bonds is 3. The van der Waals surface area contributed by atoms with E-state index in [9.17, 15) is 4.79 Å². The molecule has 0 radical (unpaired) electrons. The normalized spacial score (nSPS) is 22.3. The number of hydrogen-bond acceptors (Lipinski definition) is 5. The molecule has 5 rings (SSSR count). The molecule has 6 nitrogen and oxygen atoms in total. The number of fused-ring (bicyclic) bond motifs is 1. The van der Waals surface area contributed by atoms with Crippen LogP contribution in [0.1, 0.15) is 44.1 Å². The number of aliphatic imine (C=N–C) groups is 1. The van der Waals surface area contributed by atoms with Crippen molar-refractivity contribution >= 4 is 34.6 Å². The third-order valence-electron chi connectivity index (χ3n) is 6.41. The zero-order chi connectivity index (χ0) is 19.7. The first kappa shape index (κ1) is 18.6. The Kier molecular flexibility index (Phi) is 4.99. The Morgan fingerprint density at radius 2 is 2.10 bits per heavy atom. The highest BCUT2D eigenvalue weighted by Crippen LogP contribution is 2.37. The Morgan fingerprint density at radius 3 is 2.86 bits per heavy atom. The third kappa shape index (κ3) is 3.75. The van der Waals surface area contributed by atoms with Crippen LogP contribution in [0.3, 0.4) is 0 Å². The van der Waals surface area contributed by atoms with Gasteiger partial charge in [0.15, 0.2) is 5.82 Å². The Morgan fingerprint density at radius 1 is 1.28 bits per heavy atom. The lowest BCUT2D eigenvalue weighted by molar-refractivity contribution is -0.131. The van der Waals surface area contributed by atoms with Crippen LogP contribution >= 0.6 is 11.3 Å². The van der Waals surface area contributed by atoms with E-state index in [1.807, 2.05) is 28.6 Å². The lowest BCUT2D eigenvalue weighted by atomic mass is 9.84. The number of aromatic nitrogens is 1. The van der Waals surface area contributed by atoms with Crippen LogP contribution in [-0.2, 0) is 11.2 Å². The van der Waals surface area contributed by atoms with Crippen LogP contribution in [0.5, 0.6) is 0 Å². The van der Waals surface area contributed by atoms with Crippen LogP contribution in [0.15, 0.2) is 40.1 Å². The fraction of sp³-hybridized carbons (Fsp3) is 0.500. The zero-order valence-electron chi connectivity index (χ0n) is 16.6. The van der Waals surface area contributed by atoms with Crippen molar-refractivity contribution < 1.29 is 4.79 Å². The van der Waals surface area contributed by atoms with Gasteiger partial charge in [-0.1, -0.05) is 12.8 Å². The summed E-state index contributed by atoms with van der Waals surface area (Å²) in [5, 5.41) is 11.4. The molecule has 4 heterocycles. The first-order chi connectivity index (χ1) is 14.2. The smallest absolute Gasteiger partial charge is 0.227 e. The standard InChI is InChI=1S/C22H27N5OS/c28-19(14-16-7-13-29-15-16)27-11-8-22(9-12-27)21(24-17-4-1-2-5-17)25-20-18(26-22)6-3-10-23-20/h3,6-7,10,13,15,17,26H,1-2,4-5,8-9,11-12,14H2,(H,23,24,25). The quantitative estimate of drug-likeness (QED) is 0.806. The molecule has 0 bridgehead atoms. The zero-order valence-corrected chi connectivity index (χ0v) is 17.4. The number of carbonyl (C=O) groups excluding carboxylic acids is 1. The Labute approximate surface area is 175 Å². The molecule has 0 atom stereocenters. The van der Waals surface area contributed by atoms with Crippen LogP contribution < -0.4 is 10.6 Å². The van der Waals surface area contributed by atoms with E-state index in [1.165, 1.54) is 25.7 Å². The highest BCUT2D eigenvalue weighted by atomic mass is 32.1. The molecule has 0 unspecified atom stereocenters. The summed E-state index contributed by atoms with van der Waals surface area (Å²) in [5.74, 6) is 2.09. The molecule has 0 aromatic carbocycles. The molecule has 1 amide bonds. The fourth-order valence-electron chi connectivity index (χ4n) is 4.71. The number of pyridine rings is 1. The summed E-state index contributed by atoms with van der Waals surface area (Å²) in [6.07, 6.45) is 8.89. The van der Waals surface area contributed by atoms with Gasteiger partial charge < -0.3 is 15.5 Å². The monoisotopic (exact) mass is 409 g/mol. The number of amidine groups is 1. The van der Waals surface area contributed by atoms with E-state index in [0.717, 1.165) is 48.8 Å². The Balaban J connectivity index is 1.35. The number of nitrogens with zero attached hydrogens (tertiary/aromatic N) is 3. The SMILES string of the molecule is O=C(Cc1ccsc1)N1CCC2(CC1)Nc1cccnc1NC2=NC1CCCC1. The molecule has 152 valence electrons. The summed E-state index contributed by atoms with van der Waals surface area (Å²) in [4.78, 5) is 24.4. The highest BCUT2D eigenvalue weighted by Gasteiger charge is 2.44. The van der Waals surface area contributed by atoms with Crippen molar-refractivity contribution in [2.45, 2.75) is 56.5 Å². The lowest BCUT2D eigenvalue weighted by Gasteiger charge is -2.46. The lowest BCUT2D eigenvalue weighted by Crippen LogP contribution is -2.59. The summed E-state index contributed by atoms with van der Waals surface area (Å²) < 4.78 is 0. The second-order valence-corrected chi connectivity index (χ2v) is 9.12. The number of thiophene rings is 1. The van der Waals surface area contributed by atoms with Crippen LogP contribution in [0.25, 0.3) is 0 Å². The maximum Gasteiger partial charge on any atom is 0.227 e. The van der Waals surface area contributed by atoms with Crippen LogP contribution in [0.2, 0.25) is 0 Å². The van der Waals surface area contributed by atoms with Gasteiger partial charge in [0.25, 0.3) is 0 Å². The molecule has 7 heteroatoms. The molecule has 2 aromatic heterocycles. The summed E-state index contributed by atoms with van der Waals surface area (Å²) in [7, 11) is 0. The minimum Gasteiger partial charge on any atom is -0.370 e. The van der Waals surface area contributed by atoms with E-state index in [-0.39, 0.29) is 11.4 Å². The van der Waals surface area contributed by atoms with Gasteiger partial charge in [0, 0.05) is 19.3 Å². The number of carbonyl (C=O) groups is 1. The number of likely N-dealkylation sites (tertiary alicyclic amines) is 1. The average Bonchev–Trinajstić information content (AvgIpc) is 3.43. The molecule has 1 aliphatic carbocycles. The molecule has 2 aliphatic heterocycles. The molecule has 3 aliphatic rings. The van der Waals surface area contributed by atoms with Crippen molar-refractivity contribution in [1.82, 2.24) is 9.88 Å². The highest BCUT2D eigenvalue weighted by molar-refractivity contribution is 7.08. The van der Waals surface area contributed by atoms with Crippen molar-refractivity contribution in [1.29, 1.82) is 0 Å². The van der Waals surface area contributed by atoms with Crippen molar-refractivity contribution in [3.63, 3.8) is 0 Å². The van der Waals surface area contributed by atoms with Gasteiger partial charge in [0.05, 0.1) is 23.7 Å². The van der Waals surface area contributed by atoms with Gasteiger partial charge >= 0.3 is 0 Å². The van der Waals surface area contributed by atoms with Crippen molar-refractivity contribution in [3.8, 4) is 0 Å². The summed E-state index contributed by atoms with van der Waals surface area (Å²) in [5.41, 5.74) is 1.90. The van der Waals surface area contributed by atoms with Gasteiger partial charge in [-0.05, 0) is 60.2 Å². The van der Waals surface area contributed by atoms with E-state index >= 15 is 0 Å². The minimum atomic E-state index is -0.238. The predicted octanol–water partition coefficient (Wildman–Crippen LogP) is 3.93. The largest absolute Gasteiger partial charge is 0.370 e. The van der Waals surface area contributed by atoms with E-state index in [1.54, 1.807) is 11.3 Å². The Hall–Kier alpha value is -2.41. The molecule has 1 saturated carbocycles. The maximum atomic E-state index is 12.7. The molecule has 1 saturated heterocycles. The van der Waals surface area contributed by atoms with Gasteiger partial charge in [-0.3, -0.25) is 9.79 Å². The van der Waals surface area contributed by atoms with Crippen LogP contribution in [0.4, 0.5) is 11.5 Å². The summed E-state index contributed by atoms with van der Waals surface area (Å²) in [6, 6.07) is 6.47. The summed E-state index contributed by atoms with van der Waals surface area (Å²) in [6.45, 7) is 1.49. The minimum absolute atomic E-state index is 0.221. The molecule has 2 fully saturated rings. The predicted molar refractivity (Wildman–Crippen MR) is 118 cm³/mol. The second-order valence-electron chi connectivity index (χ2n) is 8.34. The molecule has 2 N–H and O–H groups in total. The van der Waals surface area contributed by atoms with E-state index in [4.69, 9.17) is 4.99 Å². The van der Waals surface area contributed by atoms with Crippen LogP contribution in [-0.4, -0.2) is 46.3 Å². The maximum absolute atomic E-state index is 12.7. The third-order valence-corrected chi connectivity index (χ3v) is 7.15. The topological polar surface area (TPSA) is 69.6 Å². The fourth-order valence-corrected chi connectivity index (χ4v) is 5.37. The average molecular weight is 410 g/mol.